The zero-order valence-electron chi connectivity index (χ0n) is 8.04. The first-order valence-corrected chi connectivity index (χ1v) is 5.63. The first kappa shape index (κ1) is 7.84. The fourth-order valence-corrected chi connectivity index (χ4v) is 3.00. The molecule has 13 heavy (non-hydrogen) atoms. The second-order valence-electron chi connectivity index (χ2n) is 4.97. The van der Waals surface area contributed by atoms with Gasteiger partial charge < -0.3 is 4.90 Å². The van der Waals surface area contributed by atoms with Crippen LogP contribution in [0, 0.1) is 17.8 Å². The third kappa shape index (κ3) is 1.27. The monoisotopic (exact) mass is 179 g/mol. The highest BCUT2D eigenvalue weighted by atomic mass is 16.2. The Bertz CT molecular complexity index is 222. The van der Waals surface area contributed by atoms with Gasteiger partial charge in [-0.05, 0) is 37.5 Å². The first-order valence-electron chi connectivity index (χ1n) is 5.63. The molecule has 3 aliphatic rings. The quantitative estimate of drug-likeness (QED) is 0.599. The smallest absolute Gasteiger partial charge is 0.225 e. The maximum atomic E-state index is 11.8. The van der Waals surface area contributed by atoms with Crippen molar-refractivity contribution in [2.75, 3.05) is 13.1 Å². The van der Waals surface area contributed by atoms with Gasteiger partial charge in [-0.3, -0.25) is 4.79 Å². The van der Waals surface area contributed by atoms with E-state index in [1.54, 1.807) is 0 Å². The molecular formula is C11H17NO. The van der Waals surface area contributed by atoms with Gasteiger partial charge >= 0.3 is 0 Å². The number of likely N-dealkylation sites (tertiary alicyclic amines) is 1. The largest absolute Gasteiger partial charge is 0.342 e. The van der Waals surface area contributed by atoms with Crippen molar-refractivity contribution in [1.29, 1.82) is 0 Å². The Hall–Kier alpha value is -0.530. The van der Waals surface area contributed by atoms with Gasteiger partial charge in [0.05, 0.1) is 0 Å². The third-order valence-corrected chi connectivity index (χ3v) is 3.96. The van der Waals surface area contributed by atoms with E-state index in [9.17, 15) is 4.79 Å². The van der Waals surface area contributed by atoms with Crippen molar-refractivity contribution in [3.63, 3.8) is 0 Å². The number of hydrogen-bond acceptors (Lipinski definition) is 1. The van der Waals surface area contributed by atoms with E-state index in [0.717, 1.165) is 37.8 Å². The van der Waals surface area contributed by atoms with Crippen molar-refractivity contribution < 1.29 is 4.79 Å². The molecule has 1 saturated heterocycles. The topological polar surface area (TPSA) is 20.3 Å². The third-order valence-electron chi connectivity index (χ3n) is 3.96. The Balaban J connectivity index is 1.65. The van der Waals surface area contributed by atoms with Gasteiger partial charge in [-0.1, -0.05) is 6.42 Å². The highest BCUT2D eigenvalue weighted by Gasteiger charge is 2.41. The van der Waals surface area contributed by atoms with Crippen LogP contribution in [0.4, 0.5) is 0 Å². The Kier molecular flexibility index (Phi) is 1.64. The summed E-state index contributed by atoms with van der Waals surface area (Å²) in [4.78, 5) is 13.9. The average Bonchev–Trinajstić information content (AvgIpc) is 2.73. The second-order valence-corrected chi connectivity index (χ2v) is 4.97. The lowest BCUT2D eigenvalue weighted by Crippen LogP contribution is -2.30. The molecule has 2 heteroatoms. The molecule has 2 aliphatic carbocycles. The lowest BCUT2D eigenvalue weighted by molar-refractivity contribution is -0.131. The lowest BCUT2D eigenvalue weighted by Gasteiger charge is -2.16. The van der Waals surface area contributed by atoms with Gasteiger partial charge in [0, 0.05) is 19.0 Å². The van der Waals surface area contributed by atoms with E-state index in [-0.39, 0.29) is 0 Å². The van der Waals surface area contributed by atoms with Crippen LogP contribution >= 0.6 is 0 Å². The van der Waals surface area contributed by atoms with Crippen LogP contribution in [0.2, 0.25) is 0 Å². The summed E-state index contributed by atoms with van der Waals surface area (Å²) >= 11 is 0. The van der Waals surface area contributed by atoms with Crippen LogP contribution in [0.1, 0.15) is 32.1 Å². The fraction of sp³-hybridized carbons (Fsp3) is 0.909. The molecule has 1 heterocycles. The summed E-state index contributed by atoms with van der Waals surface area (Å²) in [6.07, 6.45) is 6.47. The molecule has 0 aromatic carbocycles. The molecule has 0 bridgehead atoms. The molecule has 0 aromatic rings. The van der Waals surface area contributed by atoms with Gasteiger partial charge in [0.15, 0.2) is 0 Å². The van der Waals surface area contributed by atoms with E-state index in [1.165, 1.54) is 19.3 Å². The zero-order valence-corrected chi connectivity index (χ0v) is 8.04. The van der Waals surface area contributed by atoms with Gasteiger partial charge in [0.2, 0.25) is 5.91 Å². The van der Waals surface area contributed by atoms with Gasteiger partial charge in [0.25, 0.3) is 0 Å². The van der Waals surface area contributed by atoms with Crippen molar-refractivity contribution >= 4 is 5.91 Å². The van der Waals surface area contributed by atoms with Gasteiger partial charge in [-0.15, -0.1) is 0 Å². The van der Waals surface area contributed by atoms with Gasteiger partial charge in [-0.2, -0.15) is 0 Å². The molecule has 72 valence electrons. The van der Waals surface area contributed by atoms with Crippen LogP contribution in [0.3, 0.4) is 0 Å². The van der Waals surface area contributed by atoms with E-state index in [0.29, 0.717) is 11.8 Å². The maximum absolute atomic E-state index is 11.8. The molecule has 2 saturated carbocycles. The summed E-state index contributed by atoms with van der Waals surface area (Å²) in [6.45, 7) is 2.17. The van der Waals surface area contributed by atoms with E-state index in [1.807, 2.05) is 0 Å². The van der Waals surface area contributed by atoms with Crippen LogP contribution in [0.5, 0.6) is 0 Å². The maximum Gasteiger partial charge on any atom is 0.225 e. The summed E-state index contributed by atoms with van der Waals surface area (Å²) in [5, 5.41) is 0. The predicted molar refractivity (Wildman–Crippen MR) is 50.1 cm³/mol. The second kappa shape index (κ2) is 2.73. The molecule has 2 atom stereocenters. The molecule has 1 aliphatic heterocycles. The lowest BCUT2D eigenvalue weighted by atomic mass is 10.0. The highest BCUT2D eigenvalue weighted by molar-refractivity contribution is 5.81. The Morgan fingerprint density at radius 2 is 1.62 bits per heavy atom. The van der Waals surface area contributed by atoms with Crippen molar-refractivity contribution in [2.45, 2.75) is 32.1 Å². The van der Waals surface area contributed by atoms with E-state index in [4.69, 9.17) is 0 Å². The standard InChI is InChI=1S/C11H17NO/c13-11(8-4-5-8)12-6-9-2-1-3-10(9)7-12/h8-10H,1-7H2. The molecule has 2 unspecified atom stereocenters. The zero-order chi connectivity index (χ0) is 8.84. The Morgan fingerprint density at radius 1 is 1.00 bits per heavy atom. The molecule has 0 aromatic heterocycles. The molecule has 1 amide bonds. The van der Waals surface area contributed by atoms with Crippen LogP contribution in [0.25, 0.3) is 0 Å². The predicted octanol–water partition coefficient (Wildman–Crippen LogP) is 1.65. The highest BCUT2D eigenvalue weighted by Crippen LogP contribution is 2.40. The number of hydrogen-bond donors (Lipinski definition) is 0. The van der Waals surface area contributed by atoms with Crippen molar-refractivity contribution in [3.05, 3.63) is 0 Å². The Labute approximate surface area is 79.3 Å². The van der Waals surface area contributed by atoms with Crippen LogP contribution in [-0.2, 0) is 4.79 Å². The van der Waals surface area contributed by atoms with Crippen LogP contribution in [-0.4, -0.2) is 23.9 Å². The van der Waals surface area contributed by atoms with Gasteiger partial charge in [-0.25, -0.2) is 0 Å². The molecule has 3 fully saturated rings. The molecule has 0 N–H and O–H groups in total. The molecule has 0 spiro atoms. The minimum Gasteiger partial charge on any atom is -0.342 e. The summed E-state index contributed by atoms with van der Waals surface area (Å²) < 4.78 is 0. The molecule has 0 radical (unpaired) electrons. The van der Waals surface area contributed by atoms with E-state index < -0.39 is 0 Å². The normalized spacial score (nSPS) is 38.0. The number of carbonyl (C=O) groups is 1. The SMILES string of the molecule is O=C(C1CC1)N1CC2CCCC2C1. The van der Waals surface area contributed by atoms with Crippen LogP contribution in [0.15, 0.2) is 0 Å². The summed E-state index contributed by atoms with van der Waals surface area (Å²) in [6, 6.07) is 0. The first-order chi connectivity index (χ1) is 6.34. The van der Waals surface area contributed by atoms with Crippen molar-refractivity contribution in [1.82, 2.24) is 4.90 Å². The fourth-order valence-electron chi connectivity index (χ4n) is 3.00. The van der Waals surface area contributed by atoms with Crippen LogP contribution < -0.4 is 0 Å². The number of rotatable bonds is 1. The number of amides is 1. The van der Waals surface area contributed by atoms with Crippen molar-refractivity contribution in [2.24, 2.45) is 17.8 Å². The summed E-state index contributed by atoms with van der Waals surface area (Å²) in [5.41, 5.74) is 0. The molecule has 2 nitrogen and oxygen atoms in total. The molecular weight excluding hydrogens is 162 g/mol. The van der Waals surface area contributed by atoms with Gasteiger partial charge in [0.1, 0.15) is 0 Å². The van der Waals surface area contributed by atoms with E-state index >= 15 is 0 Å². The molecule has 3 rings (SSSR count). The summed E-state index contributed by atoms with van der Waals surface area (Å²) in [7, 11) is 0. The Morgan fingerprint density at radius 3 is 2.15 bits per heavy atom. The number of nitrogens with zero attached hydrogens (tertiary/aromatic N) is 1. The van der Waals surface area contributed by atoms with E-state index in [2.05, 4.69) is 4.90 Å². The average molecular weight is 179 g/mol. The van der Waals surface area contributed by atoms with Crippen molar-refractivity contribution in [3.8, 4) is 0 Å². The number of fused-ring (bicyclic) bond motifs is 1. The minimum absolute atomic E-state index is 0.429. The minimum atomic E-state index is 0.429. The summed E-state index contributed by atoms with van der Waals surface area (Å²) in [5.74, 6) is 2.62. The number of carbonyl (C=O) groups excluding carboxylic acids is 1.